The molecular formula is C31H36N4O4. The Labute approximate surface area is 229 Å². The summed E-state index contributed by atoms with van der Waals surface area (Å²) in [7, 11) is 0. The van der Waals surface area contributed by atoms with Crippen molar-refractivity contribution in [1.82, 2.24) is 15.5 Å². The number of fused-ring (bicyclic) bond motifs is 1. The van der Waals surface area contributed by atoms with Crippen LogP contribution in [0.15, 0.2) is 85.5 Å². The van der Waals surface area contributed by atoms with Crippen LogP contribution in [0.4, 0.5) is 10.5 Å². The first-order chi connectivity index (χ1) is 19.0. The van der Waals surface area contributed by atoms with Crippen molar-refractivity contribution in [2.24, 2.45) is 0 Å². The van der Waals surface area contributed by atoms with E-state index >= 15 is 0 Å². The van der Waals surface area contributed by atoms with E-state index < -0.39 is 12.1 Å². The van der Waals surface area contributed by atoms with Crippen LogP contribution in [0.25, 0.3) is 10.8 Å². The molecule has 4 rings (SSSR count). The van der Waals surface area contributed by atoms with Gasteiger partial charge in [0.2, 0.25) is 11.8 Å². The number of piperazine rings is 1. The van der Waals surface area contributed by atoms with E-state index in [2.05, 4.69) is 52.4 Å². The molecule has 3 aromatic rings. The Balaban J connectivity index is 1.33. The Morgan fingerprint density at radius 2 is 1.62 bits per heavy atom. The number of amides is 3. The molecule has 3 amide bonds. The van der Waals surface area contributed by atoms with E-state index in [1.54, 1.807) is 0 Å². The predicted octanol–water partition coefficient (Wildman–Crippen LogP) is 4.26. The highest BCUT2D eigenvalue weighted by molar-refractivity contribution is 5.87. The zero-order valence-corrected chi connectivity index (χ0v) is 22.2. The van der Waals surface area contributed by atoms with Crippen molar-refractivity contribution < 1.29 is 19.1 Å². The van der Waals surface area contributed by atoms with Gasteiger partial charge in [-0.3, -0.25) is 9.59 Å². The maximum Gasteiger partial charge on any atom is 0.408 e. The van der Waals surface area contributed by atoms with Crippen LogP contribution >= 0.6 is 0 Å². The van der Waals surface area contributed by atoms with Crippen molar-refractivity contribution in [3.63, 3.8) is 0 Å². The molecule has 0 bridgehead atoms. The standard InChI is InChI=1S/C31H36N4O4/c1-2-29(36)32-17-9-8-14-28(33-31(38)39-23-24-10-4-3-5-11-24)30(37)35-20-18-34(19-21-35)27-16-15-25-12-6-7-13-26(25)22-27/h2-7,10-13,15-16,22,28H,1,8-9,14,17-21,23H2,(H,32,36)(H,33,38)/t28-/m0/s1. The fourth-order valence-electron chi connectivity index (χ4n) is 4.70. The Morgan fingerprint density at radius 3 is 2.36 bits per heavy atom. The van der Waals surface area contributed by atoms with Crippen LogP contribution in [0.1, 0.15) is 24.8 Å². The second kappa shape index (κ2) is 14.0. The fraction of sp³-hybridized carbons (Fsp3) is 0.323. The first-order valence-corrected chi connectivity index (χ1v) is 13.4. The van der Waals surface area contributed by atoms with Gasteiger partial charge in [-0.15, -0.1) is 0 Å². The van der Waals surface area contributed by atoms with Gasteiger partial charge in [0.1, 0.15) is 12.6 Å². The third-order valence-corrected chi connectivity index (χ3v) is 6.90. The summed E-state index contributed by atoms with van der Waals surface area (Å²) in [6.07, 6.45) is 2.40. The molecule has 0 radical (unpaired) electrons. The van der Waals surface area contributed by atoms with Crippen LogP contribution in [0, 0.1) is 0 Å². The highest BCUT2D eigenvalue weighted by Crippen LogP contribution is 2.23. The summed E-state index contributed by atoms with van der Waals surface area (Å²) in [4.78, 5) is 41.6. The lowest BCUT2D eigenvalue weighted by atomic mass is 10.1. The molecule has 0 unspecified atom stereocenters. The number of anilines is 1. The van der Waals surface area contributed by atoms with Gasteiger partial charge in [0.25, 0.3) is 0 Å². The summed E-state index contributed by atoms with van der Waals surface area (Å²) in [5.41, 5.74) is 2.01. The van der Waals surface area contributed by atoms with Crippen LogP contribution in [-0.4, -0.2) is 61.6 Å². The number of rotatable bonds is 11. The van der Waals surface area contributed by atoms with E-state index in [-0.39, 0.29) is 18.4 Å². The average Bonchev–Trinajstić information content (AvgIpc) is 2.99. The van der Waals surface area contributed by atoms with E-state index in [1.807, 2.05) is 47.4 Å². The summed E-state index contributed by atoms with van der Waals surface area (Å²) in [6.45, 7) is 6.61. The molecule has 1 aliphatic rings. The number of nitrogens with one attached hydrogen (secondary N) is 2. The SMILES string of the molecule is C=CC(=O)NCCCC[C@H](NC(=O)OCc1ccccc1)C(=O)N1CCN(c2ccc3ccccc3c2)CC1. The zero-order valence-electron chi connectivity index (χ0n) is 22.2. The minimum absolute atomic E-state index is 0.111. The minimum Gasteiger partial charge on any atom is -0.445 e. The number of alkyl carbamates (subject to hydrolysis) is 1. The Bertz CT molecular complexity index is 1270. The second-order valence-electron chi connectivity index (χ2n) is 9.59. The molecule has 8 nitrogen and oxygen atoms in total. The Kier molecular flexibility index (Phi) is 9.94. The van der Waals surface area contributed by atoms with Crippen molar-refractivity contribution in [2.75, 3.05) is 37.6 Å². The topological polar surface area (TPSA) is 91.0 Å². The third-order valence-electron chi connectivity index (χ3n) is 6.90. The van der Waals surface area contributed by atoms with Crippen molar-refractivity contribution in [1.29, 1.82) is 0 Å². The summed E-state index contributed by atoms with van der Waals surface area (Å²) in [6, 6.07) is 23.4. The molecule has 3 aromatic carbocycles. The molecule has 2 N–H and O–H groups in total. The number of nitrogens with zero attached hydrogens (tertiary/aromatic N) is 2. The van der Waals surface area contributed by atoms with Gasteiger partial charge in [-0.1, -0.05) is 67.2 Å². The number of carbonyl (C=O) groups is 3. The largest absolute Gasteiger partial charge is 0.445 e. The molecule has 0 aromatic heterocycles. The van der Waals surface area contributed by atoms with Crippen molar-refractivity contribution in [2.45, 2.75) is 31.9 Å². The van der Waals surface area contributed by atoms with Gasteiger partial charge >= 0.3 is 6.09 Å². The van der Waals surface area contributed by atoms with E-state index in [0.717, 1.165) is 11.3 Å². The molecule has 0 spiro atoms. The van der Waals surface area contributed by atoms with Gasteiger partial charge in [-0.25, -0.2) is 4.79 Å². The smallest absolute Gasteiger partial charge is 0.408 e. The monoisotopic (exact) mass is 528 g/mol. The molecule has 204 valence electrons. The summed E-state index contributed by atoms with van der Waals surface area (Å²) < 4.78 is 5.38. The average molecular weight is 529 g/mol. The summed E-state index contributed by atoms with van der Waals surface area (Å²) in [5, 5.41) is 7.92. The molecule has 1 heterocycles. The summed E-state index contributed by atoms with van der Waals surface area (Å²) >= 11 is 0. The molecule has 1 atom stereocenters. The van der Waals surface area contributed by atoms with Gasteiger partial charge in [0.05, 0.1) is 0 Å². The van der Waals surface area contributed by atoms with Gasteiger partial charge in [0, 0.05) is 38.4 Å². The number of unbranched alkanes of at least 4 members (excludes halogenated alkanes) is 1. The molecule has 0 aliphatic carbocycles. The molecule has 39 heavy (non-hydrogen) atoms. The quantitative estimate of drug-likeness (QED) is 0.287. The molecule has 8 heteroatoms. The lowest BCUT2D eigenvalue weighted by Gasteiger charge is -2.37. The molecule has 0 saturated carbocycles. The van der Waals surface area contributed by atoms with Crippen molar-refractivity contribution >= 4 is 34.4 Å². The number of ether oxygens (including phenoxy) is 1. The highest BCUT2D eigenvalue weighted by Gasteiger charge is 2.29. The fourth-order valence-corrected chi connectivity index (χ4v) is 4.70. The van der Waals surface area contributed by atoms with Crippen LogP contribution in [0.5, 0.6) is 0 Å². The third kappa shape index (κ3) is 8.07. The van der Waals surface area contributed by atoms with Crippen LogP contribution in [0.3, 0.4) is 0 Å². The lowest BCUT2D eigenvalue weighted by molar-refractivity contribution is -0.134. The zero-order chi connectivity index (χ0) is 27.5. The minimum atomic E-state index is -0.699. The summed E-state index contributed by atoms with van der Waals surface area (Å²) in [5.74, 6) is -0.338. The van der Waals surface area contributed by atoms with Gasteiger partial charge in [-0.2, -0.15) is 0 Å². The van der Waals surface area contributed by atoms with Crippen LogP contribution in [0.2, 0.25) is 0 Å². The Morgan fingerprint density at radius 1 is 0.897 bits per heavy atom. The van der Waals surface area contributed by atoms with E-state index in [0.29, 0.717) is 52.0 Å². The number of benzene rings is 3. The van der Waals surface area contributed by atoms with Crippen molar-refractivity contribution in [3.8, 4) is 0 Å². The van der Waals surface area contributed by atoms with Crippen LogP contribution in [-0.2, 0) is 20.9 Å². The van der Waals surface area contributed by atoms with Crippen LogP contribution < -0.4 is 15.5 Å². The van der Waals surface area contributed by atoms with Gasteiger partial charge in [-0.05, 0) is 53.8 Å². The van der Waals surface area contributed by atoms with E-state index in [9.17, 15) is 14.4 Å². The maximum atomic E-state index is 13.5. The predicted molar refractivity (Wildman–Crippen MR) is 153 cm³/mol. The highest BCUT2D eigenvalue weighted by atomic mass is 16.5. The number of carbonyl (C=O) groups excluding carboxylic acids is 3. The van der Waals surface area contributed by atoms with Crippen molar-refractivity contribution in [3.05, 3.63) is 91.0 Å². The second-order valence-corrected chi connectivity index (χ2v) is 9.59. The maximum absolute atomic E-state index is 13.5. The molecular weight excluding hydrogens is 492 g/mol. The number of hydrogen-bond donors (Lipinski definition) is 2. The lowest BCUT2D eigenvalue weighted by Crippen LogP contribution is -2.55. The van der Waals surface area contributed by atoms with Gasteiger partial charge < -0.3 is 25.2 Å². The first kappa shape index (κ1) is 27.7. The number of hydrogen-bond acceptors (Lipinski definition) is 5. The van der Waals surface area contributed by atoms with E-state index in [4.69, 9.17) is 4.74 Å². The molecule has 1 fully saturated rings. The normalized spacial score (nSPS) is 13.9. The van der Waals surface area contributed by atoms with Gasteiger partial charge in [0.15, 0.2) is 0 Å². The molecule has 1 aliphatic heterocycles. The Hall–Kier alpha value is -4.33. The first-order valence-electron chi connectivity index (χ1n) is 13.4. The van der Waals surface area contributed by atoms with E-state index in [1.165, 1.54) is 16.8 Å². The molecule has 1 saturated heterocycles.